The van der Waals surface area contributed by atoms with Crippen molar-refractivity contribution in [2.24, 2.45) is 9.98 Å². The van der Waals surface area contributed by atoms with Gasteiger partial charge in [0.2, 0.25) is 0 Å². The van der Waals surface area contributed by atoms with Crippen molar-refractivity contribution in [2.75, 3.05) is 21.3 Å². The van der Waals surface area contributed by atoms with Crippen LogP contribution >= 0.6 is 0 Å². The molecule has 0 radical (unpaired) electrons. The molecule has 2 heterocycles. The summed E-state index contributed by atoms with van der Waals surface area (Å²) in [4.78, 5) is 13.8. The van der Waals surface area contributed by atoms with Gasteiger partial charge in [-0.15, -0.1) is 0 Å². The van der Waals surface area contributed by atoms with Gasteiger partial charge in [0.05, 0.1) is 34.1 Å². The zero-order valence-corrected chi connectivity index (χ0v) is 27.0. The molecule has 0 unspecified atom stereocenters. The van der Waals surface area contributed by atoms with E-state index >= 15 is 0 Å². The Morgan fingerprint density at radius 3 is 1.22 bits per heavy atom. The number of nitrogens with zero attached hydrogens (tertiary/aromatic N) is 4. The Kier molecular flexibility index (Phi) is 6.08. The summed E-state index contributed by atoms with van der Waals surface area (Å²) >= 11 is 0. The lowest BCUT2D eigenvalue weighted by molar-refractivity contribution is 1.35. The first-order valence-corrected chi connectivity index (χ1v) is 16.6. The van der Waals surface area contributed by atoms with Crippen molar-refractivity contribution < 1.29 is 0 Å². The van der Waals surface area contributed by atoms with Gasteiger partial charge in [-0.3, -0.25) is 0 Å². The van der Waals surface area contributed by atoms with Crippen molar-refractivity contribution in [1.82, 2.24) is 0 Å². The zero-order chi connectivity index (χ0) is 33.3. The van der Waals surface area contributed by atoms with Crippen LogP contribution in [0.5, 0.6) is 0 Å². The van der Waals surface area contributed by atoms with E-state index in [1.807, 2.05) is 12.7 Å². The second kappa shape index (κ2) is 10.8. The molecule has 4 N–H and O–H groups in total. The average Bonchev–Trinajstić information content (AvgIpc) is 3.17. The van der Waals surface area contributed by atoms with E-state index in [0.717, 1.165) is 77.9 Å². The summed E-state index contributed by atoms with van der Waals surface area (Å²) in [5.41, 5.74) is 25.2. The van der Waals surface area contributed by atoms with Crippen LogP contribution in [0.4, 0.5) is 45.5 Å². The van der Waals surface area contributed by atoms with E-state index in [9.17, 15) is 0 Å². The SMILES string of the molecule is Nc1c(N)c(-c2ccc(N3C=Nc4cccc5cccc3c45)cc2)c2ccccc2c1-c1ccc(N2C=Nc3cccc4cccc2c34)cc1. The van der Waals surface area contributed by atoms with E-state index in [1.54, 1.807) is 0 Å². The molecule has 50 heavy (non-hydrogen) atoms. The molecule has 2 aliphatic heterocycles. The van der Waals surface area contributed by atoms with Crippen LogP contribution in [0.3, 0.4) is 0 Å². The topological polar surface area (TPSA) is 83.2 Å². The molecule has 0 amide bonds. The first kappa shape index (κ1) is 28.1. The average molecular weight is 643 g/mol. The van der Waals surface area contributed by atoms with Crippen molar-refractivity contribution in [2.45, 2.75) is 0 Å². The smallest absolute Gasteiger partial charge is 0.100 e. The minimum atomic E-state index is 0.570. The summed E-state index contributed by atoms with van der Waals surface area (Å²) in [5.74, 6) is 0. The maximum Gasteiger partial charge on any atom is 0.100 e. The fourth-order valence-corrected chi connectivity index (χ4v) is 7.67. The van der Waals surface area contributed by atoms with Crippen LogP contribution in [0.15, 0.2) is 156 Å². The van der Waals surface area contributed by atoms with Crippen LogP contribution in [-0.2, 0) is 0 Å². The number of anilines is 6. The highest BCUT2D eigenvalue weighted by molar-refractivity contribution is 6.17. The molecule has 0 saturated carbocycles. The van der Waals surface area contributed by atoms with Crippen molar-refractivity contribution in [3.63, 3.8) is 0 Å². The Morgan fingerprint density at radius 1 is 0.400 bits per heavy atom. The second-order valence-corrected chi connectivity index (χ2v) is 12.8. The van der Waals surface area contributed by atoms with E-state index in [4.69, 9.17) is 21.5 Å². The summed E-state index contributed by atoms with van der Waals surface area (Å²) in [5, 5.41) is 6.75. The van der Waals surface area contributed by atoms with E-state index in [0.29, 0.717) is 11.4 Å². The number of hydrogen-bond donors (Lipinski definition) is 2. The first-order valence-electron chi connectivity index (χ1n) is 16.6. The lowest BCUT2D eigenvalue weighted by Crippen LogP contribution is -2.16. The Balaban J connectivity index is 1.03. The molecular weight excluding hydrogens is 613 g/mol. The van der Waals surface area contributed by atoms with Gasteiger partial charge >= 0.3 is 0 Å². The summed E-state index contributed by atoms with van der Waals surface area (Å²) in [6.45, 7) is 0. The summed E-state index contributed by atoms with van der Waals surface area (Å²) in [6, 6.07) is 50.5. The lowest BCUT2D eigenvalue weighted by Gasteiger charge is -2.26. The van der Waals surface area contributed by atoms with Crippen LogP contribution in [0, 0.1) is 0 Å². The highest BCUT2D eigenvalue weighted by atomic mass is 15.2. The van der Waals surface area contributed by atoms with Gasteiger partial charge in [0.15, 0.2) is 0 Å². The third kappa shape index (κ3) is 4.15. The van der Waals surface area contributed by atoms with Gasteiger partial charge in [0, 0.05) is 33.3 Å². The quantitative estimate of drug-likeness (QED) is 0.187. The van der Waals surface area contributed by atoms with Crippen molar-refractivity contribution in [1.29, 1.82) is 0 Å². The monoisotopic (exact) mass is 642 g/mol. The van der Waals surface area contributed by atoms with Gasteiger partial charge in [-0.2, -0.15) is 0 Å². The molecule has 8 aromatic carbocycles. The number of rotatable bonds is 4. The van der Waals surface area contributed by atoms with E-state index in [-0.39, 0.29) is 0 Å². The van der Waals surface area contributed by atoms with Gasteiger partial charge in [0.25, 0.3) is 0 Å². The van der Waals surface area contributed by atoms with Gasteiger partial charge in [-0.05, 0) is 81.2 Å². The summed E-state index contributed by atoms with van der Waals surface area (Å²) in [6.07, 6.45) is 3.79. The molecule has 0 aliphatic carbocycles. The number of aliphatic imine (C=N–C) groups is 2. The number of nitrogen functional groups attached to an aromatic ring is 2. The minimum absolute atomic E-state index is 0.570. The van der Waals surface area contributed by atoms with E-state index in [2.05, 4.69) is 155 Å². The number of fused-ring (bicyclic) bond motifs is 1. The van der Waals surface area contributed by atoms with E-state index in [1.165, 1.54) is 10.8 Å². The highest BCUT2D eigenvalue weighted by Gasteiger charge is 2.22. The van der Waals surface area contributed by atoms with Gasteiger partial charge in [-0.25, -0.2) is 9.98 Å². The maximum atomic E-state index is 6.96. The molecule has 8 aromatic rings. The van der Waals surface area contributed by atoms with Crippen molar-refractivity contribution in [3.05, 3.63) is 146 Å². The first-order chi connectivity index (χ1) is 24.6. The molecule has 0 spiro atoms. The maximum absolute atomic E-state index is 6.96. The second-order valence-electron chi connectivity index (χ2n) is 12.8. The summed E-state index contributed by atoms with van der Waals surface area (Å²) < 4.78 is 0. The molecule has 236 valence electrons. The Morgan fingerprint density at radius 2 is 0.800 bits per heavy atom. The molecule has 2 aliphatic rings. The van der Waals surface area contributed by atoms with Crippen LogP contribution in [-0.4, -0.2) is 12.7 Å². The number of nitrogens with two attached hydrogens (primary N) is 2. The van der Waals surface area contributed by atoms with E-state index < -0.39 is 0 Å². The molecule has 6 heteroatoms. The Hall–Kier alpha value is -6.92. The summed E-state index contributed by atoms with van der Waals surface area (Å²) in [7, 11) is 0. The van der Waals surface area contributed by atoms with Crippen LogP contribution < -0.4 is 21.3 Å². The number of hydrogen-bond acceptors (Lipinski definition) is 6. The molecule has 0 aromatic heterocycles. The van der Waals surface area contributed by atoms with Gasteiger partial charge in [-0.1, -0.05) is 97.1 Å². The standard InChI is InChI=1S/C44H30N6/c45-43-39(29-17-21-31(22-18-29)49-25-47-35-13-3-7-27-9-5-15-37(49)41(27)35)33-11-1-2-12-34(33)40(44(43)46)30-19-23-32(24-20-30)50-26-48-36-14-4-8-28-10-6-16-38(50)42(28)36/h1-26H,45-46H2. The molecule has 0 atom stereocenters. The highest BCUT2D eigenvalue weighted by Crippen LogP contribution is 2.47. The molecule has 10 rings (SSSR count). The predicted octanol–water partition coefficient (Wildman–Crippen LogP) is 11.3. The molecule has 0 bridgehead atoms. The molecule has 0 saturated heterocycles. The predicted molar refractivity (Wildman–Crippen MR) is 212 cm³/mol. The van der Waals surface area contributed by atoms with Crippen molar-refractivity contribution >= 4 is 90.5 Å². The Bertz CT molecular complexity index is 2530. The molecular formula is C44H30N6. The fraction of sp³-hybridized carbons (Fsp3) is 0. The van der Waals surface area contributed by atoms with Crippen LogP contribution in [0.25, 0.3) is 54.6 Å². The van der Waals surface area contributed by atoms with Crippen LogP contribution in [0.2, 0.25) is 0 Å². The lowest BCUT2D eigenvalue weighted by atomic mass is 9.89. The Labute approximate surface area is 288 Å². The third-order valence-electron chi connectivity index (χ3n) is 10.0. The normalized spacial score (nSPS) is 13.1. The van der Waals surface area contributed by atoms with Gasteiger partial charge < -0.3 is 21.3 Å². The minimum Gasteiger partial charge on any atom is -0.397 e. The van der Waals surface area contributed by atoms with Crippen molar-refractivity contribution in [3.8, 4) is 22.3 Å². The molecule has 0 fully saturated rings. The van der Waals surface area contributed by atoms with Crippen LogP contribution in [0.1, 0.15) is 0 Å². The molecule has 6 nitrogen and oxygen atoms in total. The fourth-order valence-electron chi connectivity index (χ4n) is 7.67. The largest absolute Gasteiger partial charge is 0.397 e. The third-order valence-corrected chi connectivity index (χ3v) is 10.0. The zero-order valence-electron chi connectivity index (χ0n) is 27.0. The van der Waals surface area contributed by atoms with Gasteiger partial charge in [0.1, 0.15) is 12.7 Å². The number of benzene rings is 8.